The molecule has 1 heterocycles. The molecule has 4 aromatic rings. The van der Waals surface area contributed by atoms with Crippen molar-refractivity contribution in [1.29, 1.82) is 0 Å². The molecule has 1 N–H and O–H groups in total. The molecule has 0 saturated heterocycles. The molecule has 0 radical (unpaired) electrons. The van der Waals surface area contributed by atoms with Gasteiger partial charge < -0.3 is 9.30 Å². The van der Waals surface area contributed by atoms with Gasteiger partial charge in [0.25, 0.3) is 5.91 Å². The first-order chi connectivity index (χ1) is 15.2. The Morgan fingerprint density at radius 1 is 0.968 bits per heavy atom. The second-order valence-corrected chi connectivity index (χ2v) is 7.18. The van der Waals surface area contributed by atoms with E-state index in [2.05, 4.69) is 41.7 Å². The third-order valence-electron chi connectivity index (χ3n) is 4.80. The maximum Gasteiger partial charge on any atom is 0.271 e. The van der Waals surface area contributed by atoms with Crippen molar-refractivity contribution in [3.05, 3.63) is 120 Å². The zero-order chi connectivity index (χ0) is 21.5. The monoisotopic (exact) mass is 409 g/mol. The predicted molar refractivity (Wildman–Crippen MR) is 123 cm³/mol. The molecule has 1 aromatic heterocycles. The lowest BCUT2D eigenvalue weighted by Crippen LogP contribution is -2.17. The van der Waals surface area contributed by atoms with E-state index in [9.17, 15) is 4.79 Å². The summed E-state index contributed by atoms with van der Waals surface area (Å²) in [6.07, 6.45) is 5.51. The van der Waals surface area contributed by atoms with Crippen LogP contribution in [-0.2, 0) is 6.61 Å². The Morgan fingerprint density at radius 3 is 2.45 bits per heavy atom. The van der Waals surface area contributed by atoms with Crippen molar-refractivity contribution >= 4 is 12.1 Å². The summed E-state index contributed by atoms with van der Waals surface area (Å²) in [5, 5.41) is 4.07. The second kappa shape index (κ2) is 9.59. The Kier molecular flexibility index (Phi) is 6.24. The topological polar surface area (TPSA) is 55.6 Å². The fraction of sp³-hybridized carbons (Fsp3) is 0.0769. The van der Waals surface area contributed by atoms with E-state index in [1.54, 1.807) is 18.3 Å². The van der Waals surface area contributed by atoms with Gasteiger partial charge in [0, 0.05) is 23.6 Å². The fourth-order valence-corrected chi connectivity index (χ4v) is 3.06. The summed E-state index contributed by atoms with van der Waals surface area (Å²) in [7, 11) is 0. The zero-order valence-electron chi connectivity index (χ0n) is 17.2. The van der Waals surface area contributed by atoms with E-state index >= 15 is 0 Å². The number of nitrogens with one attached hydrogen (secondary N) is 1. The molecule has 4 rings (SSSR count). The fourth-order valence-electron chi connectivity index (χ4n) is 3.06. The van der Waals surface area contributed by atoms with Gasteiger partial charge in [-0.15, -0.1) is 0 Å². The van der Waals surface area contributed by atoms with Crippen LogP contribution in [0, 0.1) is 6.92 Å². The lowest BCUT2D eigenvalue weighted by Gasteiger charge is -2.07. The van der Waals surface area contributed by atoms with Crippen molar-refractivity contribution in [2.24, 2.45) is 5.10 Å². The summed E-state index contributed by atoms with van der Waals surface area (Å²) in [5.74, 6) is 0.485. The van der Waals surface area contributed by atoms with Gasteiger partial charge in [-0.05, 0) is 66.6 Å². The lowest BCUT2D eigenvalue weighted by molar-refractivity contribution is 0.0955. The Balaban J connectivity index is 1.32. The van der Waals surface area contributed by atoms with Gasteiger partial charge in [-0.1, -0.05) is 42.0 Å². The van der Waals surface area contributed by atoms with Crippen LogP contribution < -0.4 is 10.2 Å². The molecular weight excluding hydrogens is 386 g/mol. The van der Waals surface area contributed by atoms with Crippen LogP contribution >= 0.6 is 0 Å². The van der Waals surface area contributed by atoms with Gasteiger partial charge in [0.05, 0.1) is 6.21 Å². The van der Waals surface area contributed by atoms with Crippen LogP contribution in [0.3, 0.4) is 0 Å². The number of nitrogens with zero attached hydrogens (tertiary/aromatic N) is 2. The highest BCUT2D eigenvalue weighted by atomic mass is 16.5. The number of rotatable bonds is 7. The quantitative estimate of drug-likeness (QED) is 0.340. The highest BCUT2D eigenvalue weighted by molar-refractivity contribution is 5.95. The van der Waals surface area contributed by atoms with Crippen LogP contribution in [0.4, 0.5) is 0 Å². The van der Waals surface area contributed by atoms with E-state index in [1.807, 2.05) is 65.5 Å². The molecule has 5 heteroatoms. The first kappa shape index (κ1) is 20.2. The van der Waals surface area contributed by atoms with Crippen molar-refractivity contribution in [1.82, 2.24) is 9.99 Å². The van der Waals surface area contributed by atoms with Crippen LogP contribution in [0.1, 0.15) is 27.0 Å². The summed E-state index contributed by atoms with van der Waals surface area (Å²) in [6, 6.07) is 27.1. The summed E-state index contributed by atoms with van der Waals surface area (Å²) < 4.78 is 7.84. The third kappa shape index (κ3) is 5.48. The molecule has 3 aromatic carbocycles. The van der Waals surface area contributed by atoms with Gasteiger partial charge in [-0.25, -0.2) is 5.43 Å². The number of hydrogen-bond acceptors (Lipinski definition) is 3. The van der Waals surface area contributed by atoms with Gasteiger partial charge in [0.1, 0.15) is 12.4 Å². The van der Waals surface area contributed by atoms with Crippen molar-refractivity contribution in [3.8, 4) is 11.4 Å². The molecule has 1 amide bonds. The smallest absolute Gasteiger partial charge is 0.271 e. The minimum Gasteiger partial charge on any atom is -0.489 e. The number of hydrazone groups is 1. The van der Waals surface area contributed by atoms with Gasteiger partial charge in [0.2, 0.25) is 0 Å². The Bertz CT molecular complexity index is 1160. The highest BCUT2D eigenvalue weighted by Gasteiger charge is 2.04. The molecule has 0 fully saturated rings. The van der Waals surface area contributed by atoms with E-state index in [0.717, 1.165) is 22.6 Å². The number of ether oxygens (including phenoxy) is 1. The molecule has 0 unspecified atom stereocenters. The van der Waals surface area contributed by atoms with E-state index in [1.165, 1.54) is 5.56 Å². The standard InChI is InChI=1S/C26H23N3O2/c1-20-7-9-21(10-8-20)19-31-25-6-4-5-22(17-25)18-27-28-26(30)23-11-13-24(14-12-23)29-15-2-3-16-29/h2-18H,19H2,1H3,(H,28,30)/b27-18+. The summed E-state index contributed by atoms with van der Waals surface area (Å²) in [4.78, 5) is 12.3. The SMILES string of the molecule is Cc1ccc(COc2cccc(/C=N/NC(=O)c3ccc(-n4cccc4)cc3)c2)cc1. The molecule has 0 spiro atoms. The van der Waals surface area contributed by atoms with E-state index in [4.69, 9.17) is 4.74 Å². The predicted octanol–water partition coefficient (Wildman–Crippen LogP) is 5.13. The van der Waals surface area contributed by atoms with Crippen molar-refractivity contribution in [2.75, 3.05) is 0 Å². The third-order valence-corrected chi connectivity index (χ3v) is 4.80. The minimum absolute atomic E-state index is 0.262. The molecule has 0 saturated carbocycles. The molecular formula is C26H23N3O2. The summed E-state index contributed by atoms with van der Waals surface area (Å²) in [6.45, 7) is 2.56. The van der Waals surface area contributed by atoms with Gasteiger partial charge >= 0.3 is 0 Å². The van der Waals surface area contributed by atoms with Crippen molar-refractivity contribution in [3.63, 3.8) is 0 Å². The number of carbonyl (C=O) groups excluding carboxylic acids is 1. The Morgan fingerprint density at radius 2 is 1.71 bits per heavy atom. The number of benzene rings is 3. The van der Waals surface area contributed by atoms with E-state index in [-0.39, 0.29) is 5.91 Å². The molecule has 31 heavy (non-hydrogen) atoms. The molecule has 0 bridgehead atoms. The average molecular weight is 409 g/mol. The van der Waals surface area contributed by atoms with Crippen LogP contribution in [0.5, 0.6) is 5.75 Å². The van der Waals surface area contributed by atoms with Crippen LogP contribution in [-0.4, -0.2) is 16.7 Å². The highest BCUT2D eigenvalue weighted by Crippen LogP contribution is 2.15. The first-order valence-electron chi connectivity index (χ1n) is 10.0. The molecule has 0 aliphatic heterocycles. The van der Waals surface area contributed by atoms with Gasteiger partial charge in [0.15, 0.2) is 0 Å². The van der Waals surface area contributed by atoms with Crippen molar-refractivity contribution in [2.45, 2.75) is 13.5 Å². The molecule has 154 valence electrons. The number of amides is 1. The number of hydrogen-bond donors (Lipinski definition) is 1. The molecule has 5 nitrogen and oxygen atoms in total. The van der Waals surface area contributed by atoms with E-state index < -0.39 is 0 Å². The van der Waals surface area contributed by atoms with Gasteiger partial charge in [-0.3, -0.25) is 4.79 Å². The normalized spacial score (nSPS) is 10.9. The minimum atomic E-state index is -0.262. The lowest BCUT2D eigenvalue weighted by atomic mass is 10.2. The maximum absolute atomic E-state index is 12.3. The van der Waals surface area contributed by atoms with Crippen LogP contribution in [0.25, 0.3) is 5.69 Å². The van der Waals surface area contributed by atoms with Gasteiger partial charge in [-0.2, -0.15) is 5.10 Å². The molecule has 0 atom stereocenters. The summed E-state index contributed by atoms with van der Waals surface area (Å²) >= 11 is 0. The Labute approximate surface area is 181 Å². The van der Waals surface area contributed by atoms with Crippen LogP contribution in [0.15, 0.2) is 102 Å². The zero-order valence-corrected chi connectivity index (χ0v) is 17.2. The second-order valence-electron chi connectivity index (χ2n) is 7.18. The van der Waals surface area contributed by atoms with Crippen LogP contribution in [0.2, 0.25) is 0 Å². The average Bonchev–Trinajstić information content (AvgIpc) is 3.34. The Hall–Kier alpha value is -4.12. The molecule has 0 aliphatic carbocycles. The maximum atomic E-state index is 12.3. The largest absolute Gasteiger partial charge is 0.489 e. The number of aryl methyl sites for hydroxylation is 1. The first-order valence-corrected chi connectivity index (χ1v) is 10.0. The summed E-state index contributed by atoms with van der Waals surface area (Å²) in [5.41, 5.74) is 7.28. The molecule has 0 aliphatic rings. The van der Waals surface area contributed by atoms with E-state index in [0.29, 0.717) is 12.2 Å². The number of carbonyl (C=O) groups is 1. The number of aromatic nitrogens is 1. The van der Waals surface area contributed by atoms with Crippen molar-refractivity contribution < 1.29 is 9.53 Å².